The van der Waals surface area contributed by atoms with E-state index >= 15 is 0 Å². The van der Waals surface area contributed by atoms with Crippen LogP contribution in [0.2, 0.25) is 0 Å². The third-order valence-corrected chi connectivity index (χ3v) is 3.34. The number of hydrogen-bond acceptors (Lipinski definition) is 4. The number of carbonyl (C=O) groups is 2. The predicted molar refractivity (Wildman–Crippen MR) is 82.9 cm³/mol. The maximum Gasteiger partial charge on any atom is 0.335 e. The van der Waals surface area contributed by atoms with Gasteiger partial charge in [-0.1, -0.05) is 17.9 Å². The van der Waals surface area contributed by atoms with Gasteiger partial charge < -0.3 is 20.3 Å². The van der Waals surface area contributed by atoms with E-state index in [1.807, 2.05) is 26.0 Å². The Hall–Kier alpha value is -3.02. The highest BCUT2D eigenvalue weighted by Crippen LogP contribution is 2.19. The molecule has 0 unspecified atom stereocenters. The summed E-state index contributed by atoms with van der Waals surface area (Å²) in [5.41, 5.74) is 2.02. The van der Waals surface area contributed by atoms with Crippen molar-refractivity contribution in [1.82, 2.24) is 0 Å². The number of aromatic carboxylic acids is 1. The predicted octanol–water partition coefficient (Wildman–Crippen LogP) is 2.09. The zero-order chi connectivity index (χ0) is 17.0. The van der Waals surface area contributed by atoms with E-state index in [4.69, 9.17) is 9.84 Å². The highest BCUT2D eigenvalue weighted by molar-refractivity contribution is 5.96. The van der Waals surface area contributed by atoms with Gasteiger partial charge in [0.2, 0.25) is 0 Å². The number of ether oxygens (including phenoxy) is 1. The van der Waals surface area contributed by atoms with Crippen molar-refractivity contribution in [2.45, 2.75) is 13.8 Å². The molecule has 2 N–H and O–H groups in total. The normalized spacial score (nSPS) is 10.2. The Labute approximate surface area is 133 Å². The lowest BCUT2D eigenvalue weighted by molar-refractivity contribution is -0.268. The Morgan fingerprint density at radius 3 is 2.52 bits per heavy atom. The van der Waals surface area contributed by atoms with Crippen molar-refractivity contribution in [2.75, 3.05) is 11.9 Å². The molecule has 0 bridgehead atoms. The molecule has 2 rings (SSSR count). The first-order chi connectivity index (χ1) is 10.9. The Kier molecular flexibility index (Phi) is 4.85. The summed E-state index contributed by atoms with van der Waals surface area (Å²) in [5, 5.41) is 22.7. The molecule has 2 aromatic rings. The summed E-state index contributed by atoms with van der Waals surface area (Å²) in [6.07, 6.45) is 0. The number of nitrogens with one attached hydrogen (secondary N) is 1. The average molecular weight is 314 g/mol. The fourth-order valence-corrected chi connectivity index (χ4v) is 1.92. The highest BCUT2D eigenvalue weighted by atomic mass is 16.5. The molecule has 0 heterocycles. The van der Waals surface area contributed by atoms with Crippen molar-refractivity contribution in [3.8, 4) is 11.5 Å². The molecule has 0 aliphatic rings. The van der Waals surface area contributed by atoms with Crippen LogP contribution in [0, 0.1) is 13.8 Å². The van der Waals surface area contributed by atoms with Gasteiger partial charge in [-0.25, -0.2) is 4.79 Å². The van der Waals surface area contributed by atoms with E-state index in [0.717, 1.165) is 23.3 Å². The van der Waals surface area contributed by atoms with Crippen molar-refractivity contribution in [2.24, 2.45) is 0 Å². The minimum Gasteiger partial charge on any atom is -0.872 e. The van der Waals surface area contributed by atoms with Gasteiger partial charge in [0.05, 0.1) is 5.56 Å². The third-order valence-electron chi connectivity index (χ3n) is 3.34. The lowest BCUT2D eigenvalue weighted by Crippen LogP contribution is -2.20. The van der Waals surface area contributed by atoms with Gasteiger partial charge in [0.25, 0.3) is 5.91 Å². The van der Waals surface area contributed by atoms with E-state index in [1.54, 1.807) is 6.07 Å². The number of rotatable bonds is 5. The van der Waals surface area contributed by atoms with E-state index in [2.05, 4.69) is 5.32 Å². The molecular formula is C17H16NO5-. The number of anilines is 1. The van der Waals surface area contributed by atoms with E-state index in [-0.39, 0.29) is 12.3 Å². The van der Waals surface area contributed by atoms with E-state index < -0.39 is 23.2 Å². The number of carboxylic acids is 1. The summed E-state index contributed by atoms with van der Waals surface area (Å²) in [6, 6.07) is 9.07. The van der Waals surface area contributed by atoms with Gasteiger partial charge in [-0.05, 0) is 49.2 Å². The third kappa shape index (κ3) is 4.23. The van der Waals surface area contributed by atoms with Crippen molar-refractivity contribution in [3.05, 3.63) is 53.1 Å². The van der Waals surface area contributed by atoms with Crippen molar-refractivity contribution in [1.29, 1.82) is 0 Å². The molecule has 6 heteroatoms. The molecule has 1 amide bonds. The van der Waals surface area contributed by atoms with Crippen LogP contribution in [-0.4, -0.2) is 23.6 Å². The largest absolute Gasteiger partial charge is 0.872 e. The fraction of sp³-hybridized carbons (Fsp3) is 0.176. The van der Waals surface area contributed by atoms with Crippen LogP contribution in [0.1, 0.15) is 21.5 Å². The zero-order valence-electron chi connectivity index (χ0n) is 12.8. The van der Waals surface area contributed by atoms with Crippen molar-refractivity contribution in [3.63, 3.8) is 0 Å². The summed E-state index contributed by atoms with van der Waals surface area (Å²) >= 11 is 0. The fourth-order valence-electron chi connectivity index (χ4n) is 1.92. The first-order valence-electron chi connectivity index (χ1n) is 6.91. The van der Waals surface area contributed by atoms with Crippen LogP contribution >= 0.6 is 0 Å². The molecule has 120 valence electrons. The molecule has 0 atom stereocenters. The number of benzene rings is 2. The second kappa shape index (κ2) is 6.83. The van der Waals surface area contributed by atoms with E-state index in [0.29, 0.717) is 5.75 Å². The van der Waals surface area contributed by atoms with Crippen LogP contribution in [0.5, 0.6) is 11.5 Å². The number of amides is 1. The van der Waals surface area contributed by atoms with Gasteiger partial charge >= 0.3 is 5.97 Å². The van der Waals surface area contributed by atoms with E-state index in [9.17, 15) is 14.7 Å². The van der Waals surface area contributed by atoms with Crippen LogP contribution in [0.25, 0.3) is 0 Å². The highest BCUT2D eigenvalue weighted by Gasteiger charge is 2.08. The molecule has 2 aromatic carbocycles. The number of carboxylic acid groups (broad SMARTS) is 1. The van der Waals surface area contributed by atoms with Crippen LogP contribution in [0.3, 0.4) is 0 Å². The smallest absolute Gasteiger partial charge is 0.335 e. The number of hydrogen-bond donors (Lipinski definition) is 2. The van der Waals surface area contributed by atoms with Gasteiger partial charge in [0.15, 0.2) is 6.61 Å². The Bertz CT molecular complexity index is 755. The van der Waals surface area contributed by atoms with Crippen molar-refractivity contribution >= 4 is 17.6 Å². The standard InChI is InChI=1S/C17H17NO5/c1-10-3-5-13(7-11(10)2)23-9-16(20)18-12-4-6-15(19)14(8-12)17(21)22/h3-8,19H,9H2,1-2H3,(H,18,20)(H,21,22)/p-1. The Balaban J connectivity index is 1.98. The Morgan fingerprint density at radius 2 is 1.87 bits per heavy atom. The molecule has 0 spiro atoms. The molecule has 0 saturated carbocycles. The lowest BCUT2D eigenvalue weighted by Gasteiger charge is -2.13. The van der Waals surface area contributed by atoms with Crippen LogP contribution in [0.4, 0.5) is 5.69 Å². The monoisotopic (exact) mass is 314 g/mol. The summed E-state index contributed by atoms with van der Waals surface area (Å²) in [7, 11) is 0. The molecule has 0 fully saturated rings. The van der Waals surface area contributed by atoms with E-state index in [1.165, 1.54) is 6.07 Å². The SMILES string of the molecule is Cc1ccc(OCC(=O)Nc2ccc([O-])c(C(=O)O)c2)cc1C. The first kappa shape index (κ1) is 16.4. The molecule has 0 saturated heterocycles. The number of carbonyl (C=O) groups excluding carboxylic acids is 1. The second-order valence-electron chi connectivity index (χ2n) is 5.10. The molecule has 0 aromatic heterocycles. The minimum atomic E-state index is -1.34. The van der Waals surface area contributed by atoms with Gasteiger partial charge in [-0.2, -0.15) is 0 Å². The van der Waals surface area contributed by atoms with Gasteiger partial charge in [0, 0.05) is 5.69 Å². The molecule has 23 heavy (non-hydrogen) atoms. The topological polar surface area (TPSA) is 98.7 Å². The van der Waals surface area contributed by atoms with Crippen LogP contribution < -0.4 is 15.2 Å². The maximum absolute atomic E-state index is 11.8. The zero-order valence-corrected chi connectivity index (χ0v) is 12.8. The van der Waals surface area contributed by atoms with Crippen molar-refractivity contribution < 1.29 is 24.5 Å². The summed E-state index contributed by atoms with van der Waals surface area (Å²) in [4.78, 5) is 22.7. The van der Waals surface area contributed by atoms with Gasteiger partial charge in [-0.15, -0.1) is 0 Å². The van der Waals surface area contributed by atoms with Crippen LogP contribution in [0.15, 0.2) is 36.4 Å². The maximum atomic E-state index is 11.8. The second-order valence-corrected chi connectivity index (χ2v) is 5.10. The average Bonchev–Trinajstić information content (AvgIpc) is 2.50. The number of aryl methyl sites for hydroxylation is 2. The van der Waals surface area contributed by atoms with Crippen LogP contribution in [-0.2, 0) is 4.79 Å². The molecule has 0 aliphatic carbocycles. The summed E-state index contributed by atoms with van der Waals surface area (Å²) < 4.78 is 5.39. The quantitative estimate of drug-likeness (QED) is 0.880. The van der Waals surface area contributed by atoms with Gasteiger partial charge in [0.1, 0.15) is 5.75 Å². The van der Waals surface area contributed by atoms with Gasteiger partial charge in [-0.3, -0.25) is 4.79 Å². The molecule has 0 aliphatic heterocycles. The molecular weight excluding hydrogens is 298 g/mol. The lowest BCUT2D eigenvalue weighted by atomic mass is 10.1. The summed E-state index contributed by atoms with van der Waals surface area (Å²) in [6.45, 7) is 3.70. The molecule has 0 radical (unpaired) electrons. The Morgan fingerprint density at radius 1 is 1.13 bits per heavy atom. The molecule has 6 nitrogen and oxygen atoms in total. The summed E-state index contributed by atoms with van der Waals surface area (Å²) in [5.74, 6) is -1.82. The first-order valence-corrected chi connectivity index (χ1v) is 6.91. The minimum absolute atomic E-state index is 0.218.